The van der Waals surface area contributed by atoms with Crippen LogP contribution >= 0.6 is 0 Å². The van der Waals surface area contributed by atoms with Crippen LogP contribution in [0, 0.1) is 11.9 Å². The summed E-state index contributed by atoms with van der Waals surface area (Å²) < 4.78 is 12.6. The third-order valence-electron chi connectivity index (χ3n) is 3.29. The molecular weight excluding hydrogens is 259 g/mol. The van der Waals surface area contributed by atoms with Gasteiger partial charge in [-0.2, -0.15) is 4.39 Å². The Morgan fingerprint density at radius 1 is 1.60 bits per heavy atom. The molecule has 1 aliphatic heterocycles. The van der Waals surface area contributed by atoms with Crippen LogP contribution in [0.15, 0.2) is 31.0 Å². The second kappa shape index (κ2) is 7.00. The van der Waals surface area contributed by atoms with Gasteiger partial charge in [0.05, 0.1) is 11.9 Å². The van der Waals surface area contributed by atoms with Gasteiger partial charge in [-0.3, -0.25) is 4.90 Å². The molecule has 1 aromatic heterocycles. The number of nitrogens with zero attached hydrogens (tertiary/aromatic N) is 2. The van der Waals surface area contributed by atoms with Gasteiger partial charge in [0.15, 0.2) is 0 Å². The average Bonchev–Trinajstić information content (AvgIpc) is 2.87. The van der Waals surface area contributed by atoms with Crippen LogP contribution in [0.3, 0.4) is 0 Å². The Morgan fingerprint density at radius 3 is 3.15 bits per heavy atom. The summed E-state index contributed by atoms with van der Waals surface area (Å²) in [4.78, 5) is 17.5. The minimum atomic E-state index is -0.566. The van der Waals surface area contributed by atoms with Crippen molar-refractivity contribution in [1.82, 2.24) is 15.2 Å². The summed E-state index contributed by atoms with van der Waals surface area (Å²) in [5.74, 6) is -0.101. The highest BCUT2D eigenvalue weighted by Crippen LogP contribution is 2.14. The Morgan fingerprint density at radius 2 is 2.45 bits per heavy atom. The minimum Gasteiger partial charge on any atom is -0.338 e. The maximum Gasteiger partial charge on any atom is 0.319 e. The molecule has 1 atom stereocenters. The summed E-state index contributed by atoms with van der Waals surface area (Å²) in [7, 11) is 0. The molecule has 0 spiro atoms. The third kappa shape index (κ3) is 4.31. The highest BCUT2D eigenvalue weighted by atomic mass is 19.1. The van der Waals surface area contributed by atoms with Gasteiger partial charge in [-0.15, -0.1) is 6.58 Å². The Bertz CT molecular complexity index is 463. The summed E-state index contributed by atoms with van der Waals surface area (Å²) in [5.41, 5.74) is 0.476. The molecule has 2 amide bonds. The van der Waals surface area contributed by atoms with Gasteiger partial charge < -0.3 is 10.6 Å². The second-order valence-corrected chi connectivity index (χ2v) is 4.91. The Balaban J connectivity index is 1.70. The van der Waals surface area contributed by atoms with Crippen LogP contribution in [0.5, 0.6) is 0 Å². The van der Waals surface area contributed by atoms with E-state index in [-0.39, 0.29) is 6.03 Å². The van der Waals surface area contributed by atoms with Crippen molar-refractivity contribution in [2.45, 2.75) is 6.42 Å². The SMILES string of the molecule is C=CCN1CC[C@H](CNC(=O)Nc2ccc(F)nc2)C1. The van der Waals surface area contributed by atoms with Gasteiger partial charge >= 0.3 is 6.03 Å². The van der Waals surface area contributed by atoms with Gasteiger partial charge in [0.1, 0.15) is 0 Å². The highest BCUT2D eigenvalue weighted by molar-refractivity contribution is 5.88. The van der Waals surface area contributed by atoms with Crippen molar-refractivity contribution < 1.29 is 9.18 Å². The van der Waals surface area contributed by atoms with Crippen molar-refractivity contribution >= 4 is 11.7 Å². The molecule has 0 aliphatic carbocycles. The van der Waals surface area contributed by atoms with Crippen LogP contribution in [0.25, 0.3) is 0 Å². The first kappa shape index (κ1) is 14.5. The molecule has 1 saturated heterocycles. The van der Waals surface area contributed by atoms with Gasteiger partial charge in [-0.25, -0.2) is 9.78 Å². The number of likely N-dealkylation sites (tertiary alicyclic amines) is 1. The predicted molar refractivity (Wildman–Crippen MR) is 76.0 cm³/mol. The lowest BCUT2D eigenvalue weighted by Gasteiger charge is -2.14. The molecule has 0 radical (unpaired) electrons. The first-order valence-corrected chi connectivity index (χ1v) is 6.67. The van der Waals surface area contributed by atoms with Crippen LogP contribution in [0.1, 0.15) is 6.42 Å². The van der Waals surface area contributed by atoms with Crippen LogP contribution in [-0.4, -0.2) is 42.1 Å². The van der Waals surface area contributed by atoms with Crippen LogP contribution in [0.2, 0.25) is 0 Å². The molecule has 2 N–H and O–H groups in total. The first-order valence-electron chi connectivity index (χ1n) is 6.67. The van der Waals surface area contributed by atoms with Crippen molar-refractivity contribution in [2.24, 2.45) is 5.92 Å². The van der Waals surface area contributed by atoms with Crippen LogP contribution < -0.4 is 10.6 Å². The number of hydrogen-bond acceptors (Lipinski definition) is 3. The molecular formula is C14H19FN4O. The van der Waals surface area contributed by atoms with E-state index < -0.39 is 5.95 Å². The number of amides is 2. The Hall–Kier alpha value is -1.95. The molecule has 2 heterocycles. The van der Waals surface area contributed by atoms with Crippen molar-refractivity contribution in [3.8, 4) is 0 Å². The lowest BCUT2D eigenvalue weighted by molar-refractivity contribution is 0.250. The molecule has 1 fully saturated rings. The minimum absolute atomic E-state index is 0.291. The standard InChI is InChI=1S/C14H19FN4O/c1-2-6-19-7-5-11(10-19)8-17-14(20)18-12-3-4-13(15)16-9-12/h2-4,9,11H,1,5-8,10H2,(H2,17,18,20)/t11-/m1/s1. The number of rotatable bonds is 5. The molecule has 0 saturated carbocycles. The number of carbonyl (C=O) groups is 1. The number of aromatic nitrogens is 1. The topological polar surface area (TPSA) is 57.3 Å². The van der Waals surface area contributed by atoms with Gasteiger partial charge in [0, 0.05) is 19.6 Å². The Labute approximate surface area is 117 Å². The van der Waals surface area contributed by atoms with Crippen molar-refractivity contribution in [3.63, 3.8) is 0 Å². The van der Waals surface area contributed by atoms with E-state index >= 15 is 0 Å². The number of halogens is 1. The third-order valence-corrected chi connectivity index (χ3v) is 3.29. The van der Waals surface area contributed by atoms with Crippen LogP contribution in [-0.2, 0) is 0 Å². The molecule has 0 unspecified atom stereocenters. The summed E-state index contributed by atoms with van der Waals surface area (Å²) in [6.07, 6.45) is 4.26. The molecule has 20 heavy (non-hydrogen) atoms. The second-order valence-electron chi connectivity index (χ2n) is 4.91. The van der Waals surface area contributed by atoms with Crippen molar-refractivity contribution in [1.29, 1.82) is 0 Å². The zero-order valence-electron chi connectivity index (χ0n) is 11.3. The highest BCUT2D eigenvalue weighted by Gasteiger charge is 2.21. The molecule has 108 valence electrons. The number of nitrogens with one attached hydrogen (secondary N) is 2. The zero-order chi connectivity index (χ0) is 14.4. The summed E-state index contributed by atoms with van der Waals surface area (Å²) in [6, 6.07) is 2.39. The fourth-order valence-corrected chi connectivity index (χ4v) is 2.29. The van der Waals surface area contributed by atoms with Crippen molar-refractivity contribution in [2.75, 3.05) is 31.5 Å². The van der Waals surface area contributed by atoms with E-state index in [1.54, 1.807) is 0 Å². The smallest absolute Gasteiger partial charge is 0.319 e. The van der Waals surface area contributed by atoms with E-state index in [9.17, 15) is 9.18 Å². The molecule has 2 rings (SSSR count). The molecule has 5 nitrogen and oxygen atoms in total. The normalized spacial score (nSPS) is 18.8. The molecule has 0 bridgehead atoms. The van der Waals surface area contributed by atoms with Gasteiger partial charge in [-0.1, -0.05) is 6.08 Å². The fraction of sp³-hybridized carbons (Fsp3) is 0.429. The molecule has 1 aliphatic rings. The average molecular weight is 278 g/mol. The van der Waals surface area contributed by atoms with E-state index in [1.165, 1.54) is 18.3 Å². The Kier molecular flexibility index (Phi) is 5.06. The van der Waals surface area contributed by atoms with E-state index in [0.717, 1.165) is 26.1 Å². The van der Waals surface area contributed by atoms with E-state index in [4.69, 9.17) is 0 Å². The van der Waals surface area contributed by atoms with Gasteiger partial charge in [0.2, 0.25) is 5.95 Å². The van der Waals surface area contributed by atoms with E-state index in [2.05, 4.69) is 27.1 Å². The van der Waals surface area contributed by atoms with Crippen molar-refractivity contribution in [3.05, 3.63) is 36.9 Å². The zero-order valence-corrected chi connectivity index (χ0v) is 11.3. The lowest BCUT2D eigenvalue weighted by Crippen LogP contribution is -2.34. The largest absolute Gasteiger partial charge is 0.338 e. The van der Waals surface area contributed by atoms with E-state index in [0.29, 0.717) is 18.2 Å². The predicted octanol–water partition coefficient (Wildman–Crippen LogP) is 1.85. The summed E-state index contributed by atoms with van der Waals surface area (Å²) >= 11 is 0. The monoisotopic (exact) mass is 278 g/mol. The maximum atomic E-state index is 12.6. The molecule has 1 aromatic rings. The maximum absolute atomic E-state index is 12.6. The number of urea groups is 1. The van der Waals surface area contributed by atoms with Gasteiger partial charge in [-0.05, 0) is 31.0 Å². The summed E-state index contributed by atoms with van der Waals surface area (Å²) in [5, 5.41) is 5.45. The quantitative estimate of drug-likeness (QED) is 0.638. The van der Waals surface area contributed by atoms with E-state index in [1.807, 2.05) is 6.08 Å². The number of anilines is 1. The first-order chi connectivity index (χ1) is 9.67. The number of carbonyl (C=O) groups excluding carboxylic acids is 1. The molecule has 0 aromatic carbocycles. The number of pyridine rings is 1. The molecule has 6 heteroatoms. The fourth-order valence-electron chi connectivity index (χ4n) is 2.29. The van der Waals surface area contributed by atoms with Crippen LogP contribution in [0.4, 0.5) is 14.9 Å². The number of hydrogen-bond donors (Lipinski definition) is 2. The summed E-state index contributed by atoms with van der Waals surface area (Å²) in [6.45, 7) is 7.27. The van der Waals surface area contributed by atoms with Gasteiger partial charge in [0.25, 0.3) is 0 Å². The lowest BCUT2D eigenvalue weighted by atomic mass is 10.1.